The van der Waals surface area contributed by atoms with Crippen molar-refractivity contribution in [1.82, 2.24) is 10.6 Å². The van der Waals surface area contributed by atoms with Gasteiger partial charge in [0, 0.05) is 11.6 Å². The summed E-state index contributed by atoms with van der Waals surface area (Å²) in [4.78, 5) is 24.0. The number of carbonyl (C=O) groups is 2. The molecule has 0 fully saturated rings. The Labute approximate surface area is 143 Å². The van der Waals surface area contributed by atoms with Crippen LogP contribution in [0, 0.1) is 5.92 Å². The Balaban J connectivity index is 2.49. The summed E-state index contributed by atoms with van der Waals surface area (Å²) in [6.07, 6.45) is 1.98. The molecule has 134 valence electrons. The monoisotopic (exact) mass is 336 g/mol. The van der Waals surface area contributed by atoms with E-state index in [1.54, 1.807) is 18.2 Å². The lowest BCUT2D eigenvalue weighted by Gasteiger charge is -2.15. The van der Waals surface area contributed by atoms with E-state index in [1.165, 1.54) is 14.2 Å². The summed E-state index contributed by atoms with van der Waals surface area (Å²) in [5.74, 6) is 1.10. The first-order valence-electron chi connectivity index (χ1n) is 8.17. The normalized spacial score (nSPS) is 11.8. The lowest BCUT2D eigenvalue weighted by molar-refractivity contribution is -0.120. The second kappa shape index (κ2) is 9.80. The zero-order valence-electron chi connectivity index (χ0n) is 15.1. The maximum atomic E-state index is 12.1. The van der Waals surface area contributed by atoms with Gasteiger partial charge in [0.15, 0.2) is 11.5 Å². The van der Waals surface area contributed by atoms with Gasteiger partial charge in [-0.15, -0.1) is 0 Å². The van der Waals surface area contributed by atoms with Crippen molar-refractivity contribution in [3.8, 4) is 11.5 Å². The molecule has 0 aliphatic rings. The van der Waals surface area contributed by atoms with Gasteiger partial charge in [-0.05, 0) is 43.9 Å². The molecule has 2 amide bonds. The first-order chi connectivity index (χ1) is 11.4. The average Bonchev–Trinajstić information content (AvgIpc) is 2.57. The quantitative estimate of drug-likeness (QED) is 0.726. The molecule has 0 aromatic heterocycles. The van der Waals surface area contributed by atoms with Crippen LogP contribution < -0.4 is 20.1 Å². The topological polar surface area (TPSA) is 76.7 Å². The first-order valence-corrected chi connectivity index (χ1v) is 8.17. The second-order valence-corrected chi connectivity index (χ2v) is 6.19. The summed E-state index contributed by atoms with van der Waals surface area (Å²) in [6, 6.07) is 4.96. The maximum Gasteiger partial charge on any atom is 0.251 e. The van der Waals surface area contributed by atoms with Crippen LogP contribution in [0.15, 0.2) is 18.2 Å². The number of carbonyl (C=O) groups excluding carboxylic acids is 2. The number of rotatable bonds is 9. The fraction of sp³-hybridized carbons (Fsp3) is 0.556. The van der Waals surface area contributed by atoms with Gasteiger partial charge in [-0.3, -0.25) is 9.59 Å². The number of methoxy groups -OCH3 is 2. The van der Waals surface area contributed by atoms with Gasteiger partial charge in [0.1, 0.15) is 0 Å². The second-order valence-electron chi connectivity index (χ2n) is 6.19. The van der Waals surface area contributed by atoms with Gasteiger partial charge >= 0.3 is 0 Å². The van der Waals surface area contributed by atoms with E-state index in [2.05, 4.69) is 24.5 Å². The molecule has 0 saturated heterocycles. The summed E-state index contributed by atoms with van der Waals surface area (Å²) in [5, 5.41) is 5.49. The molecule has 0 aliphatic carbocycles. The highest BCUT2D eigenvalue weighted by Crippen LogP contribution is 2.27. The van der Waals surface area contributed by atoms with E-state index in [0.29, 0.717) is 23.0 Å². The Morgan fingerprint density at radius 1 is 1.04 bits per heavy atom. The Morgan fingerprint density at radius 2 is 1.71 bits per heavy atom. The van der Waals surface area contributed by atoms with Crippen molar-refractivity contribution in [3.05, 3.63) is 23.8 Å². The van der Waals surface area contributed by atoms with Crippen LogP contribution in [-0.2, 0) is 4.79 Å². The van der Waals surface area contributed by atoms with E-state index >= 15 is 0 Å². The van der Waals surface area contributed by atoms with Crippen molar-refractivity contribution in [2.24, 2.45) is 5.92 Å². The van der Waals surface area contributed by atoms with Crippen molar-refractivity contribution in [2.45, 2.75) is 39.7 Å². The van der Waals surface area contributed by atoms with E-state index in [-0.39, 0.29) is 24.4 Å². The average molecular weight is 336 g/mol. The Morgan fingerprint density at radius 3 is 2.29 bits per heavy atom. The third-order valence-corrected chi connectivity index (χ3v) is 3.64. The zero-order valence-corrected chi connectivity index (χ0v) is 15.1. The zero-order chi connectivity index (χ0) is 18.1. The summed E-state index contributed by atoms with van der Waals surface area (Å²) in [6.45, 7) is 6.21. The third kappa shape index (κ3) is 6.48. The number of nitrogens with one attached hydrogen (secondary N) is 2. The summed E-state index contributed by atoms with van der Waals surface area (Å²) in [7, 11) is 3.04. The largest absolute Gasteiger partial charge is 0.493 e. The minimum absolute atomic E-state index is 0.0564. The minimum Gasteiger partial charge on any atom is -0.493 e. The van der Waals surface area contributed by atoms with Crippen LogP contribution in [0.3, 0.4) is 0 Å². The van der Waals surface area contributed by atoms with Crippen LogP contribution in [0.1, 0.15) is 44.0 Å². The third-order valence-electron chi connectivity index (χ3n) is 3.64. The lowest BCUT2D eigenvalue weighted by Crippen LogP contribution is -2.41. The molecule has 1 aromatic carbocycles. The molecule has 0 spiro atoms. The molecular weight excluding hydrogens is 308 g/mol. The van der Waals surface area contributed by atoms with Crippen LogP contribution in [0.4, 0.5) is 0 Å². The number of amides is 2. The van der Waals surface area contributed by atoms with E-state index in [1.807, 2.05) is 6.92 Å². The van der Waals surface area contributed by atoms with Crippen LogP contribution in [0.2, 0.25) is 0 Å². The van der Waals surface area contributed by atoms with Crippen molar-refractivity contribution in [3.63, 3.8) is 0 Å². The Kier molecular flexibility index (Phi) is 8.09. The molecule has 1 atom stereocenters. The van der Waals surface area contributed by atoms with Gasteiger partial charge in [-0.1, -0.05) is 13.8 Å². The highest BCUT2D eigenvalue weighted by Gasteiger charge is 2.13. The molecule has 0 aliphatic heterocycles. The standard InChI is InChI=1S/C18H28N2O4/c1-12(2)6-7-13(3)20-17(21)11-19-18(22)14-8-9-15(23-4)16(10-14)24-5/h8-10,12-13H,6-7,11H2,1-5H3,(H,19,22)(H,20,21). The molecule has 6 heteroatoms. The van der Waals surface area contributed by atoms with Gasteiger partial charge in [0.2, 0.25) is 5.91 Å². The first kappa shape index (κ1) is 19.8. The highest BCUT2D eigenvalue weighted by atomic mass is 16.5. The molecule has 0 saturated carbocycles. The molecule has 0 heterocycles. The van der Waals surface area contributed by atoms with Crippen molar-refractivity contribution in [1.29, 1.82) is 0 Å². The molecular formula is C18H28N2O4. The van der Waals surface area contributed by atoms with Crippen LogP contribution in [-0.4, -0.2) is 38.6 Å². The van der Waals surface area contributed by atoms with E-state index in [0.717, 1.165) is 12.8 Å². The number of ether oxygens (including phenoxy) is 2. The van der Waals surface area contributed by atoms with Gasteiger partial charge in [0.05, 0.1) is 20.8 Å². The van der Waals surface area contributed by atoms with Crippen molar-refractivity contribution in [2.75, 3.05) is 20.8 Å². The van der Waals surface area contributed by atoms with Gasteiger partial charge < -0.3 is 20.1 Å². The van der Waals surface area contributed by atoms with Crippen LogP contribution >= 0.6 is 0 Å². The fourth-order valence-electron chi connectivity index (χ4n) is 2.22. The molecule has 1 aromatic rings. The number of hydrogen-bond acceptors (Lipinski definition) is 4. The summed E-state index contributed by atoms with van der Waals surface area (Å²) < 4.78 is 10.3. The molecule has 1 unspecified atom stereocenters. The SMILES string of the molecule is COc1ccc(C(=O)NCC(=O)NC(C)CCC(C)C)cc1OC. The lowest BCUT2D eigenvalue weighted by atomic mass is 10.0. The Hall–Kier alpha value is -2.24. The number of benzene rings is 1. The molecule has 0 bridgehead atoms. The highest BCUT2D eigenvalue weighted by molar-refractivity contribution is 5.97. The van der Waals surface area contributed by atoms with Crippen molar-refractivity contribution >= 4 is 11.8 Å². The molecule has 2 N–H and O–H groups in total. The van der Waals surface area contributed by atoms with E-state index in [4.69, 9.17) is 9.47 Å². The summed E-state index contributed by atoms with van der Waals surface area (Å²) >= 11 is 0. The van der Waals surface area contributed by atoms with Gasteiger partial charge in [0.25, 0.3) is 5.91 Å². The van der Waals surface area contributed by atoms with Crippen molar-refractivity contribution < 1.29 is 19.1 Å². The molecule has 0 radical (unpaired) electrons. The Bertz CT molecular complexity index is 558. The van der Waals surface area contributed by atoms with Gasteiger partial charge in [-0.25, -0.2) is 0 Å². The maximum absolute atomic E-state index is 12.1. The predicted molar refractivity (Wildman–Crippen MR) is 93.6 cm³/mol. The molecule has 6 nitrogen and oxygen atoms in total. The number of hydrogen-bond donors (Lipinski definition) is 2. The molecule has 1 rings (SSSR count). The minimum atomic E-state index is -0.332. The predicted octanol–water partition coefficient (Wildman–Crippen LogP) is 2.37. The fourth-order valence-corrected chi connectivity index (χ4v) is 2.22. The van der Waals surface area contributed by atoms with E-state index in [9.17, 15) is 9.59 Å². The van der Waals surface area contributed by atoms with Gasteiger partial charge in [-0.2, -0.15) is 0 Å². The summed E-state index contributed by atoms with van der Waals surface area (Å²) in [5.41, 5.74) is 0.410. The van der Waals surface area contributed by atoms with Crippen LogP contribution in [0.25, 0.3) is 0 Å². The smallest absolute Gasteiger partial charge is 0.251 e. The van der Waals surface area contributed by atoms with E-state index < -0.39 is 0 Å². The molecule has 24 heavy (non-hydrogen) atoms. The van der Waals surface area contributed by atoms with Crippen LogP contribution in [0.5, 0.6) is 11.5 Å².